The molecule has 0 aliphatic heterocycles. The molecule has 0 spiro atoms. The molecule has 0 saturated heterocycles. The number of benzene rings is 1. The molecule has 0 amide bonds. The first kappa shape index (κ1) is 27.9. The lowest BCUT2D eigenvalue weighted by Gasteiger charge is -2.60. The number of halogens is 4. The molecule has 0 radical (unpaired) electrons. The fourth-order valence-corrected chi connectivity index (χ4v) is 7.16. The lowest BCUT2D eigenvalue weighted by molar-refractivity contribution is -0.274. The average molecular weight is 554 g/mol. The third kappa shape index (κ3) is 6.72. The monoisotopic (exact) mass is 553 g/mol. The number of aliphatic hydroxyl groups is 2. The van der Waals surface area contributed by atoms with Gasteiger partial charge in [-0.25, -0.2) is 9.37 Å². The highest BCUT2D eigenvalue weighted by atomic mass is 19.4. The molecule has 12 heteroatoms. The van der Waals surface area contributed by atoms with E-state index in [1.165, 1.54) is 18.2 Å². The van der Waals surface area contributed by atoms with E-state index < -0.39 is 18.3 Å². The Balaban J connectivity index is 1.20. The Kier molecular flexibility index (Phi) is 8.16. The zero-order chi connectivity index (χ0) is 27.6. The second-order valence-corrected chi connectivity index (χ2v) is 11.3. The van der Waals surface area contributed by atoms with E-state index in [1.54, 1.807) is 6.07 Å². The van der Waals surface area contributed by atoms with E-state index in [0.29, 0.717) is 43.3 Å². The van der Waals surface area contributed by atoms with Gasteiger partial charge < -0.3 is 30.9 Å². The van der Waals surface area contributed by atoms with Crippen LogP contribution in [0.2, 0.25) is 0 Å². The number of anilines is 2. The summed E-state index contributed by atoms with van der Waals surface area (Å²) in [6.45, 7) is 0.983. The minimum Gasteiger partial charge on any atom is -0.405 e. The number of aliphatic hydroxyl groups excluding tert-OH is 2. The lowest BCUT2D eigenvalue weighted by Crippen LogP contribution is -2.60. The van der Waals surface area contributed by atoms with Crippen LogP contribution in [0.1, 0.15) is 44.1 Å². The third-order valence-corrected chi connectivity index (χ3v) is 8.46. The van der Waals surface area contributed by atoms with Crippen molar-refractivity contribution in [3.63, 3.8) is 0 Å². The minimum absolute atomic E-state index is 0.0339. The molecule has 4 aliphatic rings. The van der Waals surface area contributed by atoms with Gasteiger partial charge >= 0.3 is 6.36 Å². The van der Waals surface area contributed by atoms with E-state index in [-0.39, 0.29) is 41.6 Å². The smallest absolute Gasteiger partial charge is 0.405 e. The number of para-hydroxylation sites is 1. The van der Waals surface area contributed by atoms with Gasteiger partial charge in [0.2, 0.25) is 5.95 Å². The summed E-state index contributed by atoms with van der Waals surface area (Å²) in [5.41, 5.74) is 0.301. The van der Waals surface area contributed by atoms with Crippen LogP contribution in [0.15, 0.2) is 30.5 Å². The van der Waals surface area contributed by atoms with Gasteiger partial charge in [0, 0.05) is 37.8 Å². The van der Waals surface area contributed by atoms with Crippen LogP contribution >= 0.6 is 0 Å². The van der Waals surface area contributed by atoms with Gasteiger partial charge in [-0.2, -0.15) is 4.98 Å². The normalized spacial score (nSPS) is 28.4. The van der Waals surface area contributed by atoms with Crippen molar-refractivity contribution in [1.82, 2.24) is 15.3 Å². The average Bonchev–Trinajstić information content (AvgIpc) is 2.87. The summed E-state index contributed by atoms with van der Waals surface area (Å²) in [6.07, 6.45) is 1.45. The van der Waals surface area contributed by atoms with Crippen molar-refractivity contribution >= 4 is 11.8 Å². The van der Waals surface area contributed by atoms with E-state index in [0.717, 1.165) is 38.3 Å². The molecule has 1 aromatic heterocycles. The number of ether oxygens (including phenoxy) is 1. The number of hydrogen-bond donors (Lipinski definition) is 5. The molecule has 4 bridgehead atoms. The molecule has 4 fully saturated rings. The van der Waals surface area contributed by atoms with E-state index in [2.05, 4.69) is 30.7 Å². The molecule has 6 rings (SSSR count). The van der Waals surface area contributed by atoms with Gasteiger partial charge in [-0.15, -0.1) is 13.2 Å². The fraction of sp³-hybridized carbons (Fsp3) is 0.630. The van der Waals surface area contributed by atoms with Gasteiger partial charge in [-0.05, 0) is 67.8 Å². The maximum atomic E-state index is 14.6. The Bertz CT molecular complexity index is 1120. The first-order valence-corrected chi connectivity index (χ1v) is 13.5. The fourth-order valence-electron chi connectivity index (χ4n) is 7.16. The van der Waals surface area contributed by atoms with Crippen LogP contribution in [-0.2, 0) is 6.54 Å². The number of rotatable bonds is 12. The SMILES string of the molecule is OCCC(O)CNC1[C@@H]2CC3C[C@H]1CC(CNc1nc(NCc4ccccc4OC(F)(F)F)ncc1F)(C3)C2. The van der Waals surface area contributed by atoms with Crippen molar-refractivity contribution < 1.29 is 32.5 Å². The molecule has 5 N–H and O–H groups in total. The highest BCUT2D eigenvalue weighted by Gasteiger charge is 2.55. The molecule has 1 heterocycles. The summed E-state index contributed by atoms with van der Waals surface area (Å²) in [4.78, 5) is 8.20. The minimum atomic E-state index is -4.81. The van der Waals surface area contributed by atoms with Crippen LogP contribution in [-0.4, -0.2) is 58.4 Å². The summed E-state index contributed by atoms with van der Waals surface area (Å²) in [5.74, 6) is 0.855. The van der Waals surface area contributed by atoms with E-state index in [1.807, 2.05) is 0 Å². The summed E-state index contributed by atoms with van der Waals surface area (Å²) in [7, 11) is 0. The van der Waals surface area contributed by atoms with Crippen LogP contribution in [0.3, 0.4) is 0 Å². The van der Waals surface area contributed by atoms with Crippen molar-refractivity contribution in [2.75, 3.05) is 30.3 Å². The zero-order valence-corrected chi connectivity index (χ0v) is 21.6. The molecule has 1 aromatic carbocycles. The number of hydrogen-bond acceptors (Lipinski definition) is 8. The zero-order valence-electron chi connectivity index (χ0n) is 21.6. The highest BCUT2D eigenvalue weighted by Crippen LogP contribution is 2.60. The van der Waals surface area contributed by atoms with E-state index >= 15 is 0 Å². The van der Waals surface area contributed by atoms with Crippen LogP contribution in [0, 0.1) is 29.0 Å². The van der Waals surface area contributed by atoms with Crippen molar-refractivity contribution in [2.45, 2.75) is 63.6 Å². The number of nitrogens with zero attached hydrogens (tertiary/aromatic N) is 2. The molecular weight excluding hydrogens is 518 g/mol. The largest absolute Gasteiger partial charge is 0.573 e. The van der Waals surface area contributed by atoms with E-state index in [9.17, 15) is 22.7 Å². The molecule has 214 valence electrons. The van der Waals surface area contributed by atoms with Gasteiger partial charge in [0.1, 0.15) is 5.75 Å². The molecule has 4 unspecified atom stereocenters. The third-order valence-electron chi connectivity index (χ3n) is 8.46. The highest BCUT2D eigenvalue weighted by molar-refractivity contribution is 5.43. The predicted octanol–water partition coefficient (Wildman–Crippen LogP) is 4.07. The van der Waals surface area contributed by atoms with Crippen molar-refractivity contribution in [3.8, 4) is 5.75 Å². The second kappa shape index (κ2) is 11.4. The standard InChI is InChI=1S/C27H35F4N5O3/c28-21-14-34-25(33-12-17-3-1-2-4-22(17)39-27(29,30)31)36-24(21)35-15-26-9-16-7-18(10-26)23(19(8-16)11-26)32-13-20(38)5-6-37/h1-4,14,16,18-20,23,32,37-38H,5-13,15H2,(H2,33,34,35,36)/t16?,18-,19+,20?,23?,26?. The Morgan fingerprint density at radius 2 is 1.85 bits per heavy atom. The van der Waals surface area contributed by atoms with Crippen molar-refractivity contribution in [3.05, 3.63) is 41.8 Å². The molecular formula is C27H35F4N5O3. The summed E-state index contributed by atoms with van der Waals surface area (Å²) in [5, 5.41) is 28.7. The summed E-state index contributed by atoms with van der Waals surface area (Å²) < 4.78 is 56.9. The number of nitrogens with one attached hydrogen (secondary N) is 3. The lowest BCUT2D eigenvalue weighted by atomic mass is 9.48. The first-order chi connectivity index (χ1) is 18.6. The topological polar surface area (TPSA) is 112 Å². The predicted molar refractivity (Wildman–Crippen MR) is 136 cm³/mol. The van der Waals surface area contributed by atoms with Gasteiger partial charge in [0.15, 0.2) is 11.6 Å². The summed E-state index contributed by atoms with van der Waals surface area (Å²) in [6, 6.07) is 6.12. The van der Waals surface area contributed by atoms with Gasteiger partial charge in [0.05, 0.1) is 12.3 Å². The van der Waals surface area contributed by atoms with Crippen LogP contribution < -0.4 is 20.7 Å². The van der Waals surface area contributed by atoms with Crippen LogP contribution in [0.4, 0.5) is 29.3 Å². The molecule has 6 atom stereocenters. The van der Waals surface area contributed by atoms with Crippen molar-refractivity contribution in [1.29, 1.82) is 0 Å². The maximum Gasteiger partial charge on any atom is 0.573 e. The Labute approximate surface area is 224 Å². The Morgan fingerprint density at radius 1 is 1.10 bits per heavy atom. The van der Waals surface area contributed by atoms with Crippen LogP contribution in [0.5, 0.6) is 5.75 Å². The first-order valence-electron chi connectivity index (χ1n) is 13.5. The van der Waals surface area contributed by atoms with Gasteiger partial charge in [-0.1, -0.05) is 18.2 Å². The van der Waals surface area contributed by atoms with Gasteiger partial charge in [-0.3, -0.25) is 0 Å². The molecule has 4 aliphatic carbocycles. The molecule has 4 saturated carbocycles. The van der Waals surface area contributed by atoms with Gasteiger partial charge in [0.25, 0.3) is 0 Å². The van der Waals surface area contributed by atoms with Crippen molar-refractivity contribution in [2.24, 2.45) is 23.2 Å². The molecule has 8 nitrogen and oxygen atoms in total. The Morgan fingerprint density at radius 3 is 2.56 bits per heavy atom. The molecule has 39 heavy (non-hydrogen) atoms. The van der Waals surface area contributed by atoms with Crippen LogP contribution in [0.25, 0.3) is 0 Å². The summed E-state index contributed by atoms with van der Waals surface area (Å²) >= 11 is 0. The number of aromatic nitrogens is 2. The maximum absolute atomic E-state index is 14.6. The second-order valence-electron chi connectivity index (χ2n) is 11.3. The number of alkyl halides is 3. The Hall–Kier alpha value is -2.70. The van der Waals surface area contributed by atoms with E-state index in [4.69, 9.17) is 5.11 Å². The quantitative estimate of drug-likeness (QED) is 0.250. The molecule has 2 aromatic rings.